The van der Waals surface area contributed by atoms with Crippen molar-refractivity contribution < 1.29 is 18.7 Å². The Hall–Kier alpha value is -3.35. The van der Waals surface area contributed by atoms with Crippen LogP contribution in [0.1, 0.15) is 24.2 Å². The van der Waals surface area contributed by atoms with Crippen LogP contribution in [-0.4, -0.2) is 29.3 Å². The fourth-order valence-electron chi connectivity index (χ4n) is 2.25. The van der Waals surface area contributed by atoms with Gasteiger partial charge in [0, 0.05) is 11.1 Å². The van der Waals surface area contributed by atoms with Crippen LogP contribution in [0.5, 0.6) is 11.5 Å². The predicted molar refractivity (Wildman–Crippen MR) is 96.4 cm³/mol. The summed E-state index contributed by atoms with van der Waals surface area (Å²) < 4.78 is 16.2. The van der Waals surface area contributed by atoms with Crippen molar-refractivity contribution in [1.29, 1.82) is 0 Å². The van der Waals surface area contributed by atoms with E-state index in [0.29, 0.717) is 17.2 Å². The minimum Gasteiger partial charge on any atom is -0.497 e. The van der Waals surface area contributed by atoms with Crippen molar-refractivity contribution in [2.24, 2.45) is 0 Å². The molecule has 3 aromatic rings. The molecule has 0 aliphatic heterocycles. The third-order valence-electron chi connectivity index (χ3n) is 3.47. The fraction of sp³-hybridized carbons (Fsp3) is 0.211. The first-order valence-electron chi connectivity index (χ1n) is 8.11. The zero-order valence-corrected chi connectivity index (χ0v) is 14.7. The van der Waals surface area contributed by atoms with Gasteiger partial charge in [-0.1, -0.05) is 5.10 Å². The third kappa shape index (κ3) is 4.18. The zero-order valence-electron chi connectivity index (χ0n) is 14.7. The van der Waals surface area contributed by atoms with Crippen LogP contribution in [0.4, 0.5) is 6.01 Å². The van der Waals surface area contributed by atoms with Gasteiger partial charge < -0.3 is 13.9 Å². The van der Waals surface area contributed by atoms with E-state index in [2.05, 4.69) is 15.5 Å². The summed E-state index contributed by atoms with van der Waals surface area (Å²) in [6.45, 7) is 3.88. The van der Waals surface area contributed by atoms with Gasteiger partial charge >= 0.3 is 6.01 Å². The molecule has 0 unspecified atom stereocenters. The maximum atomic E-state index is 12.3. The van der Waals surface area contributed by atoms with Crippen LogP contribution < -0.4 is 14.8 Å². The molecule has 7 heteroatoms. The largest absolute Gasteiger partial charge is 0.497 e. The van der Waals surface area contributed by atoms with E-state index in [-0.39, 0.29) is 18.0 Å². The van der Waals surface area contributed by atoms with Gasteiger partial charge in [0.25, 0.3) is 5.91 Å². The second-order valence-electron chi connectivity index (χ2n) is 5.79. The molecule has 0 atom stereocenters. The third-order valence-corrected chi connectivity index (χ3v) is 3.47. The number of anilines is 1. The average molecular weight is 353 g/mol. The van der Waals surface area contributed by atoms with Crippen molar-refractivity contribution in [3.63, 3.8) is 0 Å². The monoisotopic (exact) mass is 353 g/mol. The van der Waals surface area contributed by atoms with Crippen LogP contribution in [0.2, 0.25) is 0 Å². The number of ether oxygens (including phenoxy) is 2. The van der Waals surface area contributed by atoms with Crippen LogP contribution in [0.15, 0.2) is 52.9 Å². The molecule has 26 heavy (non-hydrogen) atoms. The number of carbonyl (C=O) groups excluding carboxylic acids is 1. The molecule has 0 saturated carbocycles. The molecule has 1 amide bonds. The molecule has 0 aliphatic rings. The van der Waals surface area contributed by atoms with Crippen LogP contribution in [0, 0.1) is 0 Å². The van der Waals surface area contributed by atoms with Gasteiger partial charge in [-0.3, -0.25) is 10.1 Å². The highest BCUT2D eigenvalue weighted by atomic mass is 16.5. The van der Waals surface area contributed by atoms with Crippen molar-refractivity contribution in [1.82, 2.24) is 10.2 Å². The Morgan fingerprint density at radius 2 is 1.65 bits per heavy atom. The van der Waals surface area contributed by atoms with E-state index >= 15 is 0 Å². The number of amides is 1. The normalized spacial score (nSPS) is 10.6. The number of rotatable bonds is 6. The SMILES string of the molecule is COc1ccc(-c2nnc(NC(=O)c3ccc(OC(C)C)cc3)o2)cc1. The summed E-state index contributed by atoms with van der Waals surface area (Å²) in [4.78, 5) is 12.3. The van der Waals surface area contributed by atoms with Gasteiger partial charge in [-0.05, 0) is 62.4 Å². The van der Waals surface area contributed by atoms with Crippen LogP contribution in [0.25, 0.3) is 11.5 Å². The summed E-state index contributed by atoms with van der Waals surface area (Å²) in [5, 5.41) is 10.4. The van der Waals surface area contributed by atoms with Gasteiger partial charge in [0.2, 0.25) is 5.89 Å². The van der Waals surface area contributed by atoms with Gasteiger partial charge in [-0.25, -0.2) is 0 Å². The van der Waals surface area contributed by atoms with E-state index in [1.807, 2.05) is 13.8 Å². The topological polar surface area (TPSA) is 86.5 Å². The molecule has 0 saturated heterocycles. The molecule has 0 aliphatic carbocycles. The lowest BCUT2D eigenvalue weighted by atomic mass is 10.2. The number of hydrogen-bond donors (Lipinski definition) is 1. The summed E-state index contributed by atoms with van der Waals surface area (Å²) in [6, 6.07) is 14.0. The Bertz CT molecular complexity index is 871. The molecule has 134 valence electrons. The first kappa shape index (κ1) is 17.5. The van der Waals surface area contributed by atoms with Crippen molar-refractivity contribution in [2.45, 2.75) is 20.0 Å². The maximum absolute atomic E-state index is 12.3. The van der Waals surface area contributed by atoms with Crippen molar-refractivity contribution in [3.05, 3.63) is 54.1 Å². The van der Waals surface area contributed by atoms with E-state index in [9.17, 15) is 4.79 Å². The molecule has 1 N–H and O–H groups in total. The quantitative estimate of drug-likeness (QED) is 0.726. The minimum atomic E-state index is -0.342. The van der Waals surface area contributed by atoms with E-state index in [1.54, 1.807) is 55.6 Å². The lowest BCUT2D eigenvalue weighted by Crippen LogP contribution is -2.12. The summed E-state index contributed by atoms with van der Waals surface area (Å²) in [7, 11) is 1.59. The van der Waals surface area contributed by atoms with Crippen LogP contribution in [0.3, 0.4) is 0 Å². The molecular weight excluding hydrogens is 334 g/mol. The highest BCUT2D eigenvalue weighted by Gasteiger charge is 2.13. The molecular formula is C19H19N3O4. The Kier molecular flexibility index (Phi) is 5.17. The van der Waals surface area contributed by atoms with E-state index < -0.39 is 0 Å². The first-order valence-corrected chi connectivity index (χ1v) is 8.11. The van der Waals surface area contributed by atoms with E-state index in [4.69, 9.17) is 13.9 Å². The second-order valence-corrected chi connectivity index (χ2v) is 5.79. The average Bonchev–Trinajstić information content (AvgIpc) is 3.10. The number of carbonyl (C=O) groups is 1. The highest BCUT2D eigenvalue weighted by Crippen LogP contribution is 2.23. The van der Waals surface area contributed by atoms with Crippen LogP contribution in [-0.2, 0) is 0 Å². The van der Waals surface area contributed by atoms with Crippen LogP contribution >= 0.6 is 0 Å². The molecule has 3 rings (SSSR count). The van der Waals surface area contributed by atoms with Gasteiger partial charge in [0.15, 0.2) is 0 Å². The first-order chi connectivity index (χ1) is 12.5. The Morgan fingerprint density at radius 3 is 2.27 bits per heavy atom. The van der Waals surface area contributed by atoms with Crippen molar-refractivity contribution in [2.75, 3.05) is 12.4 Å². The number of methoxy groups -OCH3 is 1. The van der Waals surface area contributed by atoms with Gasteiger partial charge in [-0.2, -0.15) is 0 Å². The Balaban J connectivity index is 1.67. The highest BCUT2D eigenvalue weighted by molar-refractivity contribution is 6.03. The Morgan fingerprint density at radius 1 is 1.00 bits per heavy atom. The van der Waals surface area contributed by atoms with Gasteiger partial charge in [0.1, 0.15) is 11.5 Å². The summed E-state index contributed by atoms with van der Waals surface area (Å²) >= 11 is 0. The zero-order chi connectivity index (χ0) is 18.5. The van der Waals surface area contributed by atoms with E-state index in [0.717, 1.165) is 11.3 Å². The minimum absolute atomic E-state index is 0.0309. The molecule has 0 radical (unpaired) electrons. The second kappa shape index (κ2) is 7.69. The molecule has 1 heterocycles. The number of benzene rings is 2. The summed E-state index contributed by atoms with van der Waals surface area (Å²) in [5.41, 5.74) is 1.19. The van der Waals surface area contributed by atoms with Crippen molar-refractivity contribution >= 4 is 11.9 Å². The van der Waals surface area contributed by atoms with Gasteiger partial charge in [0.05, 0.1) is 13.2 Å². The summed E-state index contributed by atoms with van der Waals surface area (Å²) in [6.07, 6.45) is 0.0736. The predicted octanol–water partition coefficient (Wildman–Crippen LogP) is 3.78. The molecule has 0 spiro atoms. The number of aromatic nitrogens is 2. The molecule has 2 aromatic carbocycles. The lowest BCUT2D eigenvalue weighted by molar-refractivity contribution is 0.102. The molecule has 0 fully saturated rings. The number of hydrogen-bond acceptors (Lipinski definition) is 6. The molecule has 0 bridgehead atoms. The van der Waals surface area contributed by atoms with Crippen molar-refractivity contribution in [3.8, 4) is 23.0 Å². The molecule has 7 nitrogen and oxygen atoms in total. The number of nitrogens with one attached hydrogen (secondary N) is 1. The fourth-order valence-corrected chi connectivity index (χ4v) is 2.25. The van der Waals surface area contributed by atoms with E-state index in [1.165, 1.54) is 0 Å². The smallest absolute Gasteiger partial charge is 0.322 e. The molecule has 1 aromatic heterocycles. The van der Waals surface area contributed by atoms with Gasteiger partial charge in [-0.15, -0.1) is 5.10 Å². The maximum Gasteiger partial charge on any atom is 0.322 e. The standard InChI is InChI=1S/C19H19N3O4/c1-12(2)25-16-10-4-13(5-11-16)17(23)20-19-22-21-18(26-19)14-6-8-15(24-3)9-7-14/h4-12H,1-3H3,(H,20,22,23). The lowest BCUT2D eigenvalue weighted by Gasteiger charge is -2.09. The summed E-state index contributed by atoms with van der Waals surface area (Å²) in [5.74, 6) is 1.40. The number of nitrogens with zero attached hydrogens (tertiary/aromatic N) is 2. The Labute approximate surface area is 151 Å².